The Kier molecular flexibility index (Phi) is 7.11. The molecule has 1 atom stereocenters. The molecule has 6 heteroatoms. The number of esters is 2. The minimum atomic E-state index is -0.549. The van der Waals surface area contributed by atoms with E-state index in [1.54, 1.807) is 32.0 Å². The first kappa shape index (κ1) is 20.2. The lowest BCUT2D eigenvalue weighted by Gasteiger charge is -2.19. The van der Waals surface area contributed by atoms with Crippen LogP contribution in [-0.4, -0.2) is 31.1 Å². The highest BCUT2D eigenvalue weighted by molar-refractivity contribution is 5.98. The summed E-state index contributed by atoms with van der Waals surface area (Å²) in [6, 6.07) is 14.9. The molecule has 1 amide bonds. The number of nitrogens with one attached hydrogen (secondary N) is 1. The van der Waals surface area contributed by atoms with Crippen molar-refractivity contribution in [1.29, 1.82) is 0 Å². The second-order valence-electron chi connectivity index (χ2n) is 6.25. The predicted molar refractivity (Wildman–Crippen MR) is 100 cm³/mol. The summed E-state index contributed by atoms with van der Waals surface area (Å²) in [4.78, 5) is 36.4. The molecule has 6 nitrogen and oxygen atoms in total. The minimum absolute atomic E-state index is 0.00459. The minimum Gasteiger partial charge on any atom is -0.465 e. The van der Waals surface area contributed by atoms with E-state index >= 15 is 0 Å². The van der Waals surface area contributed by atoms with Gasteiger partial charge in [0.15, 0.2) is 0 Å². The molecule has 0 aliphatic heterocycles. The monoisotopic (exact) mass is 369 g/mol. The Bertz CT molecular complexity index is 801. The smallest absolute Gasteiger partial charge is 0.337 e. The van der Waals surface area contributed by atoms with Crippen LogP contribution in [0.5, 0.6) is 0 Å². The molecule has 1 unspecified atom stereocenters. The van der Waals surface area contributed by atoms with Crippen molar-refractivity contribution in [2.45, 2.75) is 32.4 Å². The fraction of sp³-hybridized carbons (Fsp3) is 0.286. The number of amides is 1. The molecular formula is C21H23NO5. The number of methoxy groups -OCH3 is 1. The van der Waals surface area contributed by atoms with Gasteiger partial charge < -0.3 is 14.8 Å². The molecule has 0 spiro atoms. The number of hydrogen-bond acceptors (Lipinski definition) is 5. The van der Waals surface area contributed by atoms with Crippen molar-refractivity contribution in [2.75, 3.05) is 7.11 Å². The molecule has 0 aliphatic carbocycles. The van der Waals surface area contributed by atoms with Crippen LogP contribution in [0.3, 0.4) is 0 Å². The van der Waals surface area contributed by atoms with Crippen LogP contribution in [0.1, 0.15) is 52.6 Å². The van der Waals surface area contributed by atoms with Gasteiger partial charge in [0, 0.05) is 5.56 Å². The van der Waals surface area contributed by atoms with E-state index in [4.69, 9.17) is 4.74 Å². The van der Waals surface area contributed by atoms with Crippen LogP contribution in [0.25, 0.3) is 0 Å². The summed E-state index contributed by atoms with van der Waals surface area (Å²) < 4.78 is 9.88. The van der Waals surface area contributed by atoms with Gasteiger partial charge in [-0.2, -0.15) is 0 Å². The average molecular weight is 369 g/mol. The number of carbonyl (C=O) groups excluding carboxylic acids is 3. The van der Waals surface area contributed by atoms with Gasteiger partial charge >= 0.3 is 11.9 Å². The Morgan fingerprint density at radius 1 is 0.963 bits per heavy atom. The predicted octanol–water partition coefficient (Wildman–Crippen LogP) is 3.29. The fourth-order valence-electron chi connectivity index (χ4n) is 2.56. The van der Waals surface area contributed by atoms with Gasteiger partial charge in [-0.15, -0.1) is 0 Å². The van der Waals surface area contributed by atoms with Crippen molar-refractivity contribution >= 4 is 17.8 Å². The van der Waals surface area contributed by atoms with Crippen molar-refractivity contribution in [3.8, 4) is 0 Å². The Balaban J connectivity index is 2.20. The van der Waals surface area contributed by atoms with E-state index in [0.29, 0.717) is 5.56 Å². The van der Waals surface area contributed by atoms with Gasteiger partial charge in [-0.25, -0.2) is 4.79 Å². The summed E-state index contributed by atoms with van der Waals surface area (Å²) in [5.74, 6) is -1.32. The van der Waals surface area contributed by atoms with E-state index in [0.717, 1.165) is 5.56 Å². The SMILES string of the molecule is COC(=O)c1cccc(C(=O)NC(CC(=O)OC(C)C)c2ccccc2)c1. The van der Waals surface area contributed by atoms with Gasteiger partial charge in [-0.3, -0.25) is 9.59 Å². The standard InChI is InChI=1S/C21H23NO5/c1-14(2)27-19(23)13-18(15-8-5-4-6-9-15)22-20(24)16-10-7-11-17(12-16)21(25)26-3/h4-12,14,18H,13H2,1-3H3,(H,22,24). The zero-order valence-electron chi connectivity index (χ0n) is 15.6. The second-order valence-corrected chi connectivity index (χ2v) is 6.25. The summed E-state index contributed by atoms with van der Waals surface area (Å²) in [6.45, 7) is 3.54. The van der Waals surface area contributed by atoms with Gasteiger partial charge in [-0.1, -0.05) is 36.4 Å². The van der Waals surface area contributed by atoms with Crippen LogP contribution in [0.2, 0.25) is 0 Å². The number of carbonyl (C=O) groups is 3. The maximum atomic E-state index is 12.7. The van der Waals surface area contributed by atoms with Gasteiger partial charge in [0.05, 0.1) is 31.2 Å². The molecule has 0 aliphatic rings. The van der Waals surface area contributed by atoms with Crippen LogP contribution in [0.4, 0.5) is 0 Å². The molecule has 0 aromatic heterocycles. The Morgan fingerprint density at radius 2 is 1.63 bits per heavy atom. The van der Waals surface area contributed by atoms with Crippen molar-refractivity contribution in [2.24, 2.45) is 0 Å². The molecule has 27 heavy (non-hydrogen) atoms. The molecule has 0 saturated heterocycles. The maximum Gasteiger partial charge on any atom is 0.337 e. The number of rotatable bonds is 7. The van der Waals surface area contributed by atoms with E-state index < -0.39 is 23.9 Å². The van der Waals surface area contributed by atoms with Crippen LogP contribution in [-0.2, 0) is 14.3 Å². The molecule has 0 radical (unpaired) electrons. The third kappa shape index (κ3) is 5.95. The lowest BCUT2D eigenvalue weighted by molar-refractivity contribution is -0.147. The summed E-state index contributed by atoms with van der Waals surface area (Å²) in [5.41, 5.74) is 1.37. The summed E-state index contributed by atoms with van der Waals surface area (Å²) >= 11 is 0. The molecule has 0 saturated carbocycles. The number of benzene rings is 2. The summed E-state index contributed by atoms with van der Waals surface area (Å²) in [6.07, 6.45) is -0.230. The average Bonchev–Trinajstić information content (AvgIpc) is 2.67. The first-order valence-corrected chi connectivity index (χ1v) is 8.64. The molecule has 1 N–H and O–H groups in total. The third-order valence-electron chi connectivity index (χ3n) is 3.79. The first-order chi connectivity index (χ1) is 12.9. The van der Waals surface area contributed by atoms with E-state index in [2.05, 4.69) is 10.1 Å². The molecule has 0 heterocycles. The van der Waals surface area contributed by atoms with Gasteiger partial charge in [0.1, 0.15) is 0 Å². The Hall–Kier alpha value is -3.15. The van der Waals surface area contributed by atoms with Crippen molar-refractivity contribution in [3.05, 3.63) is 71.3 Å². The third-order valence-corrected chi connectivity index (χ3v) is 3.79. The van der Waals surface area contributed by atoms with E-state index in [-0.39, 0.29) is 18.1 Å². The number of hydrogen-bond donors (Lipinski definition) is 1. The summed E-state index contributed by atoms with van der Waals surface area (Å²) in [7, 11) is 1.28. The van der Waals surface area contributed by atoms with Crippen molar-refractivity contribution < 1.29 is 23.9 Å². The number of ether oxygens (including phenoxy) is 2. The van der Waals surface area contributed by atoms with Crippen molar-refractivity contribution in [1.82, 2.24) is 5.32 Å². The molecular weight excluding hydrogens is 346 g/mol. The van der Waals surface area contributed by atoms with Crippen LogP contribution < -0.4 is 5.32 Å². The molecule has 142 valence electrons. The molecule has 2 rings (SSSR count). The maximum absolute atomic E-state index is 12.7. The molecule has 0 bridgehead atoms. The lowest BCUT2D eigenvalue weighted by atomic mass is 10.0. The molecule has 2 aromatic rings. The zero-order chi connectivity index (χ0) is 19.8. The quantitative estimate of drug-likeness (QED) is 0.758. The highest BCUT2D eigenvalue weighted by Gasteiger charge is 2.21. The van der Waals surface area contributed by atoms with Gasteiger partial charge in [0.2, 0.25) is 0 Å². The lowest BCUT2D eigenvalue weighted by Crippen LogP contribution is -2.31. The van der Waals surface area contributed by atoms with E-state index in [9.17, 15) is 14.4 Å². The molecule has 0 fully saturated rings. The van der Waals surface area contributed by atoms with Crippen LogP contribution in [0.15, 0.2) is 54.6 Å². The Labute approximate surface area is 158 Å². The van der Waals surface area contributed by atoms with Gasteiger partial charge in [-0.05, 0) is 37.6 Å². The summed E-state index contributed by atoms with van der Waals surface area (Å²) in [5, 5.41) is 2.85. The van der Waals surface area contributed by atoms with Gasteiger partial charge in [0.25, 0.3) is 5.91 Å². The Morgan fingerprint density at radius 3 is 2.26 bits per heavy atom. The zero-order valence-corrected chi connectivity index (χ0v) is 15.6. The van der Waals surface area contributed by atoms with Crippen LogP contribution >= 0.6 is 0 Å². The van der Waals surface area contributed by atoms with Crippen LogP contribution in [0, 0.1) is 0 Å². The van der Waals surface area contributed by atoms with Crippen molar-refractivity contribution in [3.63, 3.8) is 0 Å². The highest BCUT2D eigenvalue weighted by Crippen LogP contribution is 2.19. The van der Waals surface area contributed by atoms with E-state index in [1.807, 2.05) is 30.3 Å². The largest absolute Gasteiger partial charge is 0.465 e. The first-order valence-electron chi connectivity index (χ1n) is 8.64. The normalized spacial score (nSPS) is 11.6. The second kappa shape index (κ2) is 9.52. The van der Waals surface area contributed by atoms with E-state index in [1.165, 1.54) is 13.2 Å². The molecule has 2 aromatic carbocycles. The topological polar surface area (TPSA) is 81.7 Å². The highest BCUT2D eigenvalue weighted by atomic mass is 16.5. The fourth-order valence-corrected chi connectivity index (χ4v) is 2.56.